The maximum atomic E-state index is 5.70. The van der Waals surface area contributed by atoms with E-state index in [1.54, 1.807) is 42.7 Å². The van der Waals surface area contributed by atoms with E-state index in [2.05, 4.69) is 79.6 Å². The largest absolute Gasteiger partial charge is 0.493 e. The Morgan fingerprint density at radius 1 is 0.432 bits per heavy atom. The van der Waals surface area contributed by atoms with Crippen LogP contribution in [0.15, 0.2) is 40.6 Å². The third kappa shape index (κ3) is 6.05. The fourth-order valence-corrected chi connectivity index (χ4v) is 6.84. The standard InChI is InChI=1S/C26H25Br5O6/c1-32-16-9-12(7-13-10-17(33-2)25(36-5)22(30)19(13)27)15(21(29)24(16)35-4)8-14-11-18(34-3)26(37-6)23(31)20(14)28/h9-11H,7-8H2,1-6H3. The van der Waals surface area contributed by atoms with E-state index in [4.69, 9.17) is 28.4 Å². The molecular formula is C26H25Br5O6. The second-order valence-corrected chi connectivity index (χ2v) is 11.7. The lowest BCUT2D eigenvalue weighted by Gasteiger charge is -2.21. The van der Waals surface area contributed by atoms with Crippen LogP contribution in [0.2, 0.25) is 0 Å². The highest BCUT2D eigenvalue weighted by Crippen LogP contribution is 2.47. The van der Waals surface area contributed by atoms with Crippen LogP contribution < -0.4 is 28.4 Å². The lowest BCUT2D eigenvalue weighted by Crippen LogP contribution is -2.05. The molecule has 3 aromatic carbocycles. The molecule has 11 heteroatoms. The van der Waals surface area contributed by atoms with Gasteiger partial charge in [0, 0.05) is 15.4 Å². The first-order valence-electron chi connectivity index (χ1n) is 10.8. The number of hydrogen-bond donors (Lipinski definition) is 0. The zero-order valence-corrected chi connectivity index (χ0v) is 28.9. The molecule has 0 aliphatic rings. The molecule has 37 heavy (non-hydrogen) atoms. The van der Waals surface area contributed by atoms with Gasteiger partial charge in [-0.05, 0) is 127 Å². The first kappa shape index (κ1) is 30.4. The van der Waals surface area contributed by atoms with Crippen molar-refractivity contribution in [3.63, 3.8) is 0 Å². The van der Waals surface area contributed by atoms with Gasteiger partial charge in [0.2, 0.25) is 0 Å². The maximum absolute atomic E-state index is 5.70. The average Bonchev–Trinajstić information content (AvgIpc) is 2.90. The summed E-state index contributed by atoms with van der Waals surface area (Å²) in [4.78, 5) is 0. The molecule has 0 saturated heterocycles. The van der Waals surface area contributed by atoms with Gasteiger partial charge in [-0.1, -0.05) is 0 Å². The molecule has 0 atom stereocenters. The van der Waals surface area contributed by atoms with Crippen LogP contribution in [0.25, 0.3) is 0 Å². The summed E-state index contributed by atoms with van der Waals surface area (Å²) in [6.45, 7) is 0. The number of halogens is 5. The third-order valence-electron chi connectivity index (χ3n) is 5.81. The van der Waals surface area contributed by atoms with Crippen LogP contribution in [0.4, 0.5) is 0 Å². The van der Waals surface area contributed by atoms with Crippen LogP contribution in [0, 0.1) is 0 Å². The molecule has 0 aliphatic heterocycles. The van der Waals surface area contributed by atoms with E-state index in [0.29, 0.717) is 47.3 Å². The highest BCUT2D eigenvalue weighted by molar-refractivity contribution is 9.13. The molecule has 0 bridgehead atoms. The van der Waals surface area contributed by atoms with Crippen LogP contribution in [0.1, 0.15) is 22.3 Å². The summed E-state index contributed by atoms with van der Waals surface area (Å²) < 4.78 is 37.7. The Hall–Kier alpha value is -1.14. The number of benzene rings is 3. The Kier molecular flexibility index (Phi) is 10.9. The first-order valence-corrected chi connectivity index (χ1v) is 14.7. The van der Waals surface area contributed by atoms with Crippen LogP contribution >= 0.6 is 79.6 Å². The average molecular weight is 833 g/mol. The molecule has 0 heterocycles. The second kappa shape index (κ2) is 13.3. The summed E-state index contributed by atoms with van der Waals surface area (Å²) in [5, 5.41) is 0. The molecule has 3 aromatic rings. The number of rotatable bonds is 10. The van der Waals surface area contributed by atoms with Crippen molar-refractivity contribution in [2.24, 2.45) is 0 Å². The zero-order valence-electron chi connectivity index (χ0n) is 21.0. The predicted octanol–water partition coefficient (Wildman–Crippen LogP) is 8.73. The van der Waals surface area contributed by atoms with Crippen molar-refractivity contribution in [1.82, 2.24) is 0 Å². The predicted molar refractivity (Wildman–Crippen MR) is 163 cm³/mol. The molecule has 0 spiro atoms. The fourth-order valence-electron chi connectivity index (χ4n) is 4.00. The maximum Gasteiger partial charge on any atom is 0.176 e. The van der Waals surface area contributed by atoms with Crippen molar-refractivity contribution in [2.45, 2.75) is 12.8 Å². The van der Waals surface area contributed by atoms with Crippen LogP contribution in [-0.4, -0.2) is 42.7 Å². The molecule has 0 unspecified atom stereocenters. The lowest BCUT2D eigenvalue weighted by atomic mass is 9.94. The summed E-state index contributed by atoms with van der Waals surface area (Å²) in [6.07, 6.45) is 1.13. The topological polar surface area (TPSA) is 55.4 Å². The summed E-state index contributed by atoms with van der Waals surface area (Å²) in [7, 11) is 9.70. The van der Waals surface area contributed by atoms with Crippen LogP contribution in [-0.2, 0) is 12.8 Å². The lowest BCUT2D eigenvalue weighted by molar-refractivity contribution is 0.351. The van der Waals surface area contributed by atoms with Gasteiger partial charge >= 0.3 is 0 Å². The van der Waals surface area contributed by atoms with Crippen molar-refractivity contribution in [2.75, 3.05) is 42.7 Å². The number of ether oxygens (including phenoxy) is 6. The van der Waals surface area contributed by atoms with Crippen LogP contribution in [0.5, 0.6) is 34.5 Å². The molecule has 0 aliphatic carbocycles. The molecule has 0 aromatic heterocycles. The Morgan fingerprint density at radius 2 is 0.784 bits per heavy atom. The quantitative estimate of drug-likeness (QED) is 0.204. The zero-order chi connectivity index (χ0) is 27.4. The van der Waals surface area contributed by atoms with Crippen molar-refractivity contribution >= 4 is 79.6 Å². The molecule has 0 radical (unpaired) electrons. The minimum atomic E-state index is 0.557. The van der Waals surface area contributed by atoms with Crippen molar-refractivity contribution in [3.8, 4) is 34.5 Å². The van der Waals surface area contributed by atoms with Gasteiger partial charge in [-0.25, -0.2) is 0 Å². The normalized spacial score (nSPS) is 10.8. The fraction of sp³-hybridized carbons (Fsp3) is 0.308. The third-order valence-corrected chi connectivity index (χ3v) is 11.0. The van der Waals surface area contributed by atoms with E-state index in [1.807, 2.05) is 18.2 Å². The van der Waals surface area contributed by atoms with Crippen molar-refractivity contribution in [3.05, 3.63) is 62.8 Å². The Bertz CT molecular complexity index is 1310. The smallest absolute Gasteiger partial charge is 0.176 e. The van der Waals surface area contributed by atoms with Crippen LogP contribution in [0.3, 0.4) is 0 Å². The van der Waals surface area contributed by atoms with E-state index in [0.717, 1.165) is 44.6 Å². The van der Waals surface area contributed by atoms with E-state index in [1.165, 1.54) is 0 Å². The van der Waals surface area contributed by atoms with Gasteiger partial charge in [0.05, 0.1) is 56.1 Å². The number of methoxy groups -OCH3 is 6. The number of hydrogen-bond acceptors (Lipinski definition) is 6. The molecular weight excluding hydrogens is 808 g/mol. The first-order chi connectivity index (χ1) is 17.7. The molecule has 0 N–H and O–H groups in total. The Labute approximate surface area is 258 Å². The Morgan fingerprint density at radius 3 is 1.16 bits per heavy atom. The van der Waals surface area contributed by atoms with Crippen molar-refractivity contribution < 1.29 is 28.4 Å². The van der Waals surface area contributed by atoms with Crippen molar-refractivity contribution in [1.29, 1.82) is 0 Å². The van der Waals surface area contributed by atoms with Gasteiger partial charge in [0.15, 0.2) is 34.5 Å². The molecule has 200 valence electrons. The summed E-state index contributed by atoms with van der Waals surface area (Å²) in [5.41, 5.74) is 4.04. The summed E-state index contributed by atoms with van der Waals surface area (Å²) in [5.74, 6) is 3.72. The van der Waals surface area contributed by atoms with E-state index in [-0.39, 0.29) is 0 Å². The van der Waals surface area contributed by atoms with Gasteiger partial charge < -0.3 is 28.4 Å². The molecule has 6 nitrogen and oxygen atoms in total. The van der Waals surface area contributed by atoms with Gasteiger partial charge in [-0.2, -0.15) is 0 Å². The molecule has 3 rings (SSSR count). The molecule has 0 amide bonds. The Balaban J connectivity index is 2.24. The SMILES string of the molecule is COc1cc(Cc2cc(OC)c(OC)c(Br)c2Cc2cc(OC)c(OC)c(Br)c2Br)c(Br)c(Br)c1OC. The highest BCUT2D eigenvalue weighted by Gasteiger charge is 2.24. The van der Waals surface area contributed by atoms with Gasteiger partial charge in [-0.3, -0.25) is 0 Å². The van der Waals surface area contributed by atoms with E-state index >= 15 is 0 Å². The molecule has 0 fully saturated rings. The molecule has 0 saturated carbocycles. The van der Waals surface area contributed by atoms with Gasteiger partial charge in [0.25, 0.3) is 0 Å². The minimum Gasteiger partial charge on any atom is -0.493 e. The van der Waals surface area contributed by atoms with E-state index < -0.39 is 0 Å². The second-order valence-electron chi connectivity index (χ2n) is 7.72. The van der Waals surface area contributed by atoms with Gasteiger partial charge in [-0.15, -0.1) is 0 Å². The highest BCUT2D eigenvalue weighted by atomic mass is 79.9. The van der Waals surface area contributed by atoms with E-state index in [9.17, 15) is 0 Å². The minimum absolute atomic E-state index is 0.557. The summed E-state index contributed by atoms with van der Waals surface area (Å²) in [6, 6.07) is 5.92. The monoisotopic (exact) mass is 828 g/mol. The summed E-state index contributed by atoms with van der Waals surface area (Å²) >= 11 is 18.5. The van der Waals surface area contributed by atoms with Gasteiger partial charge in [0.1, 0.15) is 0 Å².